The van der Waals surface area contributed by atoms with Gasteiger partial charge in [-0.05, 0) is 56.0 Å². The van der Waals surface area contributed by atoms with Crippen LogP contribution < -0.4 is 10.6 Å². The second-order valence-electron chi connectivity index (χ2n) is 11.0. The predicted octanol–water partition coefficient (Wildman–Crippen LogP) is 5.51. The minimum Gasteiger partial charge on any atom is -0.508 e. The van der Waals surface area contributed by atoms with Gasteiger partial charge in [-0.15, -0.1) is 0 Å². The van der Waals surface area contributed by atoms with Crippen molar-refractivity contribution in [3.63, 3.8) is 0 Å². The summed E-state index contributed by atoms with van der Waals surface area (Å²) < 4.78 is 5.48. The maximum atomic E-state index is 14.3. The molecule has 3 aromatic rings. The van der Waals surface area contributed by atoms with E-state index in [9.17, 15) is 19.5 Å². The highest BCUT2D eigenvalue weighted by Gasteiger charge is 2.36. The number of phenolic OH excluding ortho intramolecular Hbond substituents is 1. The Morgan fingerprint density at radius 1 is 0.878 bits per heavy atom. The summed E-state index contributed by atoms with van der Waals surface area (Å²) in [5.74, 6) is -0.619. The number of aromatic hydroxyl groups is 1. The zero-order valence-corrected chi connectivity index (χ0v) is 24.3. The Labute approximate surface area is 242 Å². The molecule has 8 heteroatoms. The molecular formula is C33H41N3O5. The van der Waals surface area contributed by atoms with Gasteiger partial charge in [0.2, 0.25) is 11.8 Å². The highest BCUT2D eigenvalue weighted by molar-refractivity contribution is 5.92. The van der Waals surface area contributed by atoms with Crippen molar-refractivity contribution in [3.05, 3.63) is 102 Å². The number of nitrogens with zero attached hydrogens (tertiary/aromatic N) is 1. The van der Waals surface area contributed by atoms with E-state index < -0.39 is 29.7 Å². The van der Waals surface area contributed by atoms with Gasteiger partial charge in [-0.3, -0.25) is 9.59 Å². The van der Waals surface area contributed by atoms with Crippen LogP contribution in [0.4, 0.5) is 4.79 Å². The number of unbranched alkanes of at least 4 members (excludes halogenated alkanes) is 1. The Kier molecular flexibility index (Phi) is 11.3. The van der Waals surface area contributed by atoms with Gasteiger partial charge in [0.05, 0.1) is 0 Å². The van der Waals surface area contributed by atoms with Gasteiger partial charge in [-0.1, -0.05) is 86.1 Å². The third-order valence-corrected chi connectivity index (χ3v) is 6.39. The summed E-state index contributed by atoms with van der Waals surface area (Å²) in [6, 6.07) is 23.3. The lowest BCUT2D eigenvalue weighted by Gasteiger charge is -2.34. The van der Waals surface area contributed by atoms with Crippen molar-refractivity contribution < 1.29 is 24.2 Å². The summed E-state index contributed by atoms with van der Waals surface area (Å²) in [4.78, 5) is 42.6. The minimum absolute atomic E-state index is 0.0977. The van der Waals surface area contributed by atoms with E-state index in [2.05, 4.69) is 10.6 Å². The molecule has 0 saturated carbocycles. The fraction of sp³-hybridized carbons (Fsp3) is 0.364. The SMILES string of the molecule is CCCCN(C(=O)C(Cc1ccc(O)cc1)NC(=O)OC(C)(C)C)C(C(=O)NCc1ccccc1)c1ccccc1. The van der Waals surface area contributed by atoms with Crippen molar-refractivity contribution >= 4 is 17.9 Å². The number of nitrogens with one attached hydrogen (secondary N) is 2. The number of hydrogen-bond acceptors (Lipinski definition) is 5. The van der Waals surface area contributed by atoms with Crippen molar-refractivity contribution in [1.29, 1.82) is 0 Å². The lowest BCUT2D eigenvalue weighted by molar-refractivity contribution is -0.142. The molecule has 0 heterocycles. The van der Waals surface area contributed by atoms with Crippen LogP contribution >= 0.6 is 0 Å². The first kappa shape index (κ1) is 31.2. The lowest BCUT2D eigenvalue weighted by Crippen LogP contribution is -2.54. The molecule has 0 bridgehead atoms. The minimum atomic E-state index is -1.01. The molecular weight excluding hydrogens is 518 g/mol. The number of carbonyl (C=O) groups excluding carboxylic acids is 3. The molecule has 8 nitrogen and oxygen atoms in total. The fourth-order valence-electron chi connectivity index (χ4n) is 4.40. The fourth-order valence-corrected chi connectivity index (χ4v) is 4.40. The molecule has 2 unspecified atom stereocenters. The molecule has 0 aliphatic carbocycles. The van der Waals surface area contributed by atoms with E-state index in [-0.39, 0.29) is 18.1 Å². The average Bonchev–Trinajstić information content (AvgIpc) is 2.94. The van der Waals surface area contributed by atoms with Crippen molar-refractivity contribution in [2.45, 2.75) is 71.2 Å². The van der Waals surface area contributed by atoms with Crippen LogP contribution in [-0.4, -0.2) is 46.1 Å². The number of alkyl carbamates (subject to hydrolysis) is 1. The van der Waals surface area contributed by atoms with Crippen LogP contribution in [0.3, 0.4) is 0 Å². The second kappa shape index (κ2) is 14.9. The van der Waals surface area contributed by atoms with Crippen LogP contribution in [0.25, 0.3) is 0 Å². The zero-order chi connectivity index (χ0) is 29.8. The summed E-state index contributed by atoms with van der Waals surface area (Å²) in [5, 5.41) is 15.5. The Morgan fingerprint density at radius 3 is 2.07 bits per heavy atom. The molecule has 0 aromatic heterocycles. The van der Waals surface area contributed by atoms with Gasteiger partial charge in [-0.25, -0.2) is 4.79 Å². The number of ether oxygens (including phenoxy) is 1. The van der Waals surface area contributed by atoms with Crippen molar-refractivity contribution in [2.75, 3.05) is 6.54 Å². The normalized spacial score (nSPS) is 12.6. The van der Waals surface area contributed by atoms with Crippen LogP contribution in [-0.2, 0) is 27.3 Å². The number of benzene rings is 3. The first-order valence-corrected chi connectivity index (χ1v) is 14.0. The van der Waals surface area contributed by atoms with E-state index in [4.69, 9.17) is 4.74 Å². The number of carbonyl (C=O) groups is 3. The number of rotatable bonds is 12. The van der Waals surface area contributed by atoms with Gasteiger partial charge in [-0.2, -0.15) is 0 Å². The molecule has 3 aromatic carbocycles. The maximum absolute atomic E-state index is 14.3. The van der Waals surface area contributed by atoms with E-state index in [0.29, 0.717) is 25.1 Å². The van der Waals surface area contributed by atoms with Gasteiger partial charge in [0.25, 0.3) is 0 Å². The Balaban J connectivity index is 1.97. The Hall–Kier alpha value is -4.33. The van der Waals surface area contributed by atoms with Gasteiger partial charge in [0.15, 0.2) is 0 Å². The molecule has 41 heavy (non-hydrogen) atoms. The zero-order valence-electron chi connectivity index (χ0n) is 24.3. The van der Waals surface area contributed by atoms with Gasteiger partial charge >= 0.3 is 6.09 Å². The summed E-state index contributed by atoms with van der Waals surface area (Å²) in [7, 11) is 0. The van der Waals surface area contributed by atoms with Gasteiger partial charge < -0.3 is 25.4 Å². The van der Waals surface area contributed by atoms with Crippen LogP contribution in [0, 0.1) is 0 Å². The molecule has 0 radical (unpaired) electrons. The molecule has 0 spiro atoms. The second-order valence-corrected chi connectivity index (χ2v) is 11.0. The van der Waals surface area contributed by atoms with E-state index in [1.165, 1.54) is 12.1 Å². The molecule has 0 aliphatic heterocycles. The topological polar surface area (TPSA) is 108 Å². The monoisotopic (exact) mass is 559 g/mol. The predicted molar refractivity (Wildman–Crippen MR) is 159 cm³/mol. The molecule has 0 aliphatic rings. The molecule has 2 atom stereocenters. The summed E-state index contributed by atoms with van der Waals surface area (Å²) >= 11 is 0. The summed E-state index contributed by atoms with van der Waals surface area (Å²) in [5.41, 5.74) is 1.58. The van der Waals surface area contributed by atoms with E-state index in [1.54, 1.807) is 37.8 Å². The molecule has 3 amide bonds. The third kappa shape index (κ3) is 9.98. The lowest BCUT2D eigenvalue weighted by atomic mass is 9.99. The average molecular weight is 560 g/mol. The van der Waals surface area contributed by atoms with Crippen molar-refractivity contribution in [3.8, 4) is 5.75 Å². The quantitative estimate of drug-likeness (QED) is 0.271. The summed E-state index contributed by atoms with van der Waals surface area (Å²) in [6.07, 6.45) is 0.891. The number of phenols is 1. The van der Waals surface area contributed by atoms with Crippen LogP contribution in [0.1, 0.15) is 63.3 Å². The highest BCUT2D eigenvalue weighted by Crippen LogP contribution is 2.24. The van der Waals surface area contributed by atoms with Crippen molar-refractivity contribution in [2.24, 2.45) is 0 Å². The van der Waals surface area contributed by atoms with E-state index >= 15 is 0 Å². The van der Waals surface area contributed by atoms with Crippen molar-refractivity contribution in [1.82, 2.24) is 15.5 Å². The smallest absolute Gasteiger partial charge is 0.408 e. The largest absolute Gasteiger partial charge is 0.508 e. The number of hydrogen-bond donors (Lipinski definition) is 3. The first-order chi connectivity index (χ1) is 19.6. The maximum Gasteiger partial charge on any atom is 0.408 e. The van der Waals surface area contributed by atoms with Gasteiger partial charge in [0, 0.05) is 19.5 Å². The molecule has 3 N–H and O–H groups in total. The first-order valence-electron chi connectivity index (χ1n) is 14.0. The van der Waals surface area contributed by atoms with Gasteiger partial charge in [0.1, 0.15) is 23.4 Å². The van der Waals surface area contributed by atoms with E-state index in [0.717, 1.165) is 17.5 Å². The Bertz CT molecular complexity index is 1260. The standard InChI is InChI=1S/C33H41N3O5/c1-5-6-21-36(29(26-15-11-8-12-16-26)30(38)34-23-25-13-9-7-10-14-25)31(39)28(35-32(40)41-33(2,3)4)22-24-17-19-27(37)20-18-24/h7-20,28-29,37H,5-6,21-23H2,1-4H3,(H,34,38)(H,35,40). The molecule has 0 saturated heterocycles. The molecule has 218 valence electrons. The van der Waals surface area contributed by atoms with Crippen LogP contribution in [0.15, 0.2) is 84.9 Å². The van der Waals surface area contributed by atoms with E-state index in [1.807, 2.05) is 67.6 Å². The molecule has 0 fully saturated rings. The Morgan fingerprint density at radius 2 is 1.49 bits per heavy atom. The van der Waals surface area contributed by atoms with Crippen LogP contribution in [0.5, 0.6) is 5.75 Å². The number of amides is 3. The summed E-state index contributed by atoms with van der Waals surface area (Å²) in [6.45, 7) is 7.89. The molecule has 3 rings (SSSR count). The van der Waals surface area contributed by atoms with Crippen LogP contribution in [0.2, 0.25) is 0 Å². The third-order valence-electron chi connectivity index (χ3n) is 6.39. The highest BCUT2D eigenvalue weighted by atomic mass is 16.6.